The van der Waals surface area contributed by atoms with E-state index in [2.05, 4.69) is 15.6 Å². The molecule has 0 fully saturated rings. The molecule has 0 aliphatic heterocycles. The number of nitrogens with one attached hydrogen (secondary N) is 2. The molecule has 0 aliphatic rings. The Balaban J connectivity index is 2.00. The molecule has 0 unspecified atom stereocenters. The van der Waals surface area contributed by atoms with Crippen molar-refractivity contribution in [2.75, 3.05) is 5.32 Å². The minimum atomic E-state index is -0.298. The van der Waals surface area contributed by atoms with Gasteiger partial charge in [0, 0.05) is 16.8 Å². The van der Waals surface area contributed by atoms with Crippen LogP contribution in [0.5, 0.6) is 0 Å². The summed E-state index contributed by atoms with van der Waals surface area (Å²) in [6, 6.07) is 10.3. The Labute approximate surface area is 127 Å². The molecule has 2 rings (SSSR count). The van der Waals surface area contributed by atoms with Gasteiger partial charge < -0.3 is 5.32 Å². The Morgan fingerprint density at radius 2 is 1.95 bits per heavy atom. The van der Waals surface area contributed by atoms with Gasteiger partial charge in [-0.05, 0) is 55.0 Å². The molecule has 2 aromatic rings. The normalized spacial score (nSPS) is 9.90. The molecule has 1 heterocycles. The predicted molar refractivity (Wildman–Crippen MR) is 84.1 cm³/mol. The topological polar surface area (TPSA) is 54.0 Å². The fourth-order valence-electron chi connectivity index (χ4n) is 1.53. The van der Waals surface area contributed by atoms with E-state index in [1.807, 2.05) is 19.1 Å². The number of hydrogen-bond acceptors (Lipinski definition) is 3. The van der Waals surface area contributed by atoms with Crippen molar-refractivity contribution in [1.29, 1.82) is 0 Å². The number of halogens is 1. The van der Waals surface area contributed by atoms with Crippen molar-refractivity contribution in [2.24, 2.45) is 0 Å². The first-order chi connectivity index (χ1) is 9.56. The quantitative estimate of drug-likeness (QED) is 0.837. The van der Waals surface area contributed by atoms with Crippen LogP contribution in [0.1, 0.15) is 15.9 Å². The van der Waals surface area contributed by atoms with Crippen molar-refractivity contribution in [3.05, 3.63) is 58.7 Å². The maximum absolute atomic E-state index is 11.9. The summed E-state index contributed by atoms with van der Waals surface area (Å²) < 4.78 is 0. The minimum Gasteiger partial charge on any atom is -0.317 e. The molecule has 0 spiro atoms. The van der Waals surface area contributed by atoms with Crippen molar-refractivity contribution in [2.45, 2.75) is 6.92 Å². The van der Waals surface area contributed by atoms with Crippen LogP contribution in [0.25, 0.3) is 0 Å². The monoisotopic (exact) mass is 305 g/mol. The van der Waals surface area contributed by atoms with Crippen LogP contribution in [0.3, 0.4) is 0 Å². The third-order valence-corrected chi connectivity index (χ3v) is 3.03. The Kier molecular flexibility index (Phi) is 4.65. The molecule has 0 saturated carbocycles. The highest BCUT2D eigenvalue weighted by molar-refractivity contribution is 7.80. The van der Waals surface area contributed by atoms with Gasteiger partial charge in [0.1, 0.15) is 5.82 Å². The lowest BCUT2D eigenvalue weighted by atomic mass is 10.2. The van der Waals surface area contributed by atoms with E-state index in [9.17, 15) is 4.79 Å². The van der Waals surface area contributed by atoms with Crippen LogP contribution in [0, 0.1) is 6.92 Å². The lowest BCUT2D eigenvalue weighted by molar-refractivity contribution is 0.0978. The third kappa shape index (κ3) is 3.76. The number of aromatic nitrogens is 1. The van der Waals surface area contributed by atoms with Crippen molar-refractivity contribution in [1.82, 2.24) is 10.3 Å². The van der Waals surface area contributed by atoms with Gasteiger partial charge in [-0.1, -0.05) is 17.7 Å². The van der Waals surface area contributed by atoms with Crippen molar-refractivity contribution in [3.63, 3.8) is 0 Å². The number of carbonyl (C=O) groups is 1. The van der Waals surface area contributed by atoms with Gasteiger partial charge in [0.05, 0.1) is 0 Å². The van der Waals surface area contributed by atoms with E-state index in [4.69, 9.17) is 23.8 Å². The molecule has 1 aromatic carbocycles. The summed E-state index contributed by atoms with van der Waals surface area (Å²) in [5, 5.41) is 6.25. The van der Waals surface area contributed by atoms with E-state index in [1.54, 1.807) is 30.5 Å². The van der Waals surface area contributed by atoms with Gasteiger partial charge in [0.25, 0.3) is 5.91 Å². The van der Waals surface area contributed by atoms with Crippen LogP contribution in [0.4, 0.5) is 5.82 Å². The largest absolute Gasteiger partial charge is 0.317 e. The molecule has 0 radical (unpaired) electrons. The summed E-state index contributed by atoms with van der Waals surface area (Å²) in [5.41, 5.74) is 1.42. The molecular weight excluding hydrogens is 294 g/mol. The predicted octanol–water partition coefficient (Wildman–Crippen LogP) is 3.17. The Morgan fingerprint density at radius 3 is 2.60 bits per heavy atom. The molecule has 0 saturated heterocycles. The minimum absolute atomic E-state index is 0.201. The summed E-state index contributed by atoms with van der Waals surface area (Å²) in [4.78, 5) is 16.1. The van der Waals surface area contributed by atoms with Crippen LogP contribution in [0.2, 0.25) is 5.02 Å². The van der Waals surface area contributed by atoms with Gasteiger partial charge in [-0.15, -0.1) is 0 Å². The van der Waals surface area contributed by atoms with Gasteiger partial charge in [-0.3, -0.25) is 10.1 Å². The summed E-state index contributed by atoms with van der Waals surface area (Å²) in [6.45, 7) is 1.90. The third-order valence-electron chi connectivity index (χ3n) is 2.57. The fraction of sp³-hybridized carbons (Fsp3) is 0.0714. The maximum atomic E-state index is 11.9. The van der Waals surface area contributed by atoms with Gasteiger partial charge in [0.2, 0.25) is 0 Å². The molecule has 2 N–H and O–H groups in total. The van der Waals surface area contributed by atoms with Gasteiger partial charge in [0.15, 0.2) is 5.11 Å². The first-order valence-corrected chi connectivity index (χ1v) is 6.64. The molecule has 1 aromatic heterocycles. The number of hydrogen-bond donors (Lipinski definition) is 2. The van der Waals surface area contributed by atoms with Crippen molar-refractivity contribution < 1.29 is 4.79 Å². The zero-order valence-electron chi connectivity index (χ0n) is 10.7. The summed E-state index contributed by atoms with van der Waals surface area (Å²) in [7, 11) is 0. The number of carbonyl (C=O) groups excluding carboxylic acids is 1. The summed E-state index contributed by atoms with van der Waals surface area (Å²) in [5.74, 6) is 0.321. The second-order valence-electron chi connectivity index (χ2n) is 4.08. The number of rotatable bonds is 2. The Hall–Kier alpha value is -1.98. The lowest BCUT2D eigenvalue weighted by Crippen LogP contribution is -2.34. The second-order valence-corrected chi connectivity index (χ2v) is 4.93. The maximum Gasteiger partial charge on any atom is 0.257 e. The lowest BCUT2D eigenvalue weighted by Gasteiger charge is -2.10. The number of pyridine rings is 1. The molecule has 20 heavy (non-hydrogen) atoms. The van der Waals surface area contributed by atoms with Gasteiger partial charge in [-0.2, -0.15) is 0 Å². The second kappa shape index (κ2) is 6.45. The fourth-order valence-corrected chi connectivity index (χ4v) is 1.85. The van der Waals surface area contributed by atoms with E-state index in [1.165, 1.54) is 0 Å². The number of nitrogens with zero attached hydrogens (tertiary/aromatic N) is 1. The molecule has 0 atom stereocenters. The number of benzene rings is 1. The van der Waals surface area contributed by atoms with E-state index in [0.717, 1.165) is 5.56 Å². The highest BCUT2D eigenvalue weighted by Crippen LogP contribution is 2.10. The molecule has 0 aliphatic carbocycles. The van der Waals surface area contributed by atoms with E-state index < -0.39 is 0 Å². The number of aryl methyl sites for hydroxylation is 1. The highest BCUT2D eigenvalue weighted by Gasteiger charge is 2.08. The number of thiocarbonyl (C=S) groups is 1. The van der Waals surface area contributed by atoms with E-state index in [-0.39, 0.29) is 11.0 Å². The zero-order chi connectivity index (χ0) is 14.5. The van der Waals surface area contributed by atoms with Crippen molar-refractivity contribution in [3.8, 4) is 0 Å². The van der Waals surface area contributed by atoms with E-state index in [0.29, 0.717) is 16.4 Å². The standard InChI is InChI=1S/C14H12ClN3OS/c1-9-3-2-8-16-12(9)17-14(20)18-13(19)10-4-6-11(15)7-5-10/h2-8H,1H3,(H2,16,17,18,19,20). The van der Waals surface area contributed by atoms with Crippen LogP contribution < -0.4 is 10.6 Å². The molecule has 4 nitrogen and oxygen atoms in total. The van der Waals surface area contributed by atoms with E-state index >= 15 is 0 Å². The SMILES string of the molecule is Cc1cccnc1NC(=S)NC(=O)c1ccc(Cl)cc1. The van der Waals surface area contributed by atoms with Crippen LogP contribution in [0.15, 0.2) is 42.6 Å². The number of amides is 1. The molecular formula is C14H12ClN3OS. The molecule has 1 amide bonds. The van der Waals surface area contributed by atoms with Crippen LogP contribution >= 0.6 is 23.8 Å². The first-order valence-electron chi connectivity index (χ1n) is 5.86. The first kappa shape index (κ1) is 14.4. The summed E-state index contributed by atoms with van der Waals surface area (Å²) in [6.07, 6.45) is 1.65. The highest BCUT2D eigenvalue weighted by atomic mass is 35.5. The molecule has 0 bridgehead atoms. The van der Waals surface area contributed by atoms with Crippen molar-refractivity contribution >= 4 is 40.7 Å². The summed E-state index contributed by atoms with van der Waals surface area (Å²) >= 11 is 10.9. The number of anilines is 1. The average molecular weight is 306 g/mol. The Bertz CT molecular complexity index is 643. The van der Waals surface area contributed by atoms with Gasteiger partial charge >= 0.3 is 0 Å². The molecule has 102 valence electrons. The smallest absolute Gasteiger partial charge is 0.257 e. The zero-order valence-corrected chi connectivity index (χ0v) is 12.3. The average Bonchev–Trinajstić information content (AvgIpc) is 2.42. The van der Waals surface area contributed by atoms with Gasteiger partial charge in [-0.25, -0.2) is 4.98 Å². The van der Waals surface area contributed by atoms with Crippen LogP contribution in [-0.2, 0) is 0 Å². The molecule has 6 heteroatoms. The Morgan fingerprint density at radius 1 is 1.25 bits per heavy atom. The van der Waals surface area contributed by atoms with Crippen LogP contribution in [-0.4, -0.2) is 16.0 Å².